The van der Waals surface area contributed by atoms with Crippen LogP contribution in [0.4, 0.5) is 0 Å². The van der Waals surface area contributed by atoms with Gasteiger partial charge < -0.3 is 9.84 Å². The van der Waals surface area contributed by atoms with Crippen LogP contribution in [-0.4, -0.2) is 34.8 Å². The molecule has 1 aliphatic rings. The van der Waals surface area contributed by atoms with Crippen molar-refractivity contribution in [1.82, 2.24) is 0 Å². The summed E-state index contributed by atoms with van der Waals surface area (Å²) in [5, 5.41) is 8.75. The summed E-state index contributed by atoms with van der Waals surface area (Å²) in [5.74, 6) is 2.01. The average Bonchev–Trinajstić information content (AvgIpc) is 2.66. The molecular formula is C11H20O3S. The topological polar surface area (TPSA) is 46.5 Å². The van der Waals surface area contributed by atoms with Gasteiger partial charge in [-0.1, -0.05) is 20.3 Å². The first-order chi connectivity index (χ1) is 7.13. The zero-order valence-corrected chi connectivity index (χ0v) is 10.3. The van der Waals surface area contributed by atoms with Crippen LogP contribution < -0.4 is 0 Å². The van der Waals surface area contributed by atoms with Crippen LogP contribution in [0.15, 0.2) is 0 Å². The predicted molar refractivity (Wildman–Crippen MR) is 62.3 cm³/mol. The van der Waals surface area contributed by atoms with Gasteiger partial charge in [-0.3, -0.25) is 0 Å². The maximum absolute atomic E-state index is 10.6. The second kappa shape index (κ2) is 6.38. The Kier molecular flexibility index (Phi) is 5.47. The Balaban J connectivity index is 2.11. The molecule has 3 unspecified atom stereocenters. The summed E-state index contributed by atoms with van der Waals surface area (Å²) in [5.41, 5.74) is 0. The number of carbonyl (C=O) groups is 1. The number of ether oxygens (including phenoxy) is 1. The Hall–Kier alpha value is -0.220. The van der Waals surface area contributed by atoms with Gasteiger partial charge >= 0.3 is 5.97 Å². The molecule has 88 valence electrons. The van der Waals surface area contributed by atoms with Crippen LogP contribution in [0.2, 0.25) is 0 Å². The molecule has 0 aliphatic carbocycles. The second-order valence-corrected chi connectivity index (χ2v) is 5.29. The van der Waals surface area contributed by atoms with Crippen LogP contribution >= 0.6 is 11.8 Å². The highest BCUT2D eigenvalue weighted by Gasteiger charge is 2.30. The number of hydrogen-bond acceptors (Lipinski definition) is 3. The molecule has 0 amide bonds. The number of carboxylic acid groups (broad SMARTS) is 1. The van der Waals surface area contributed by atoms with Crippen molar-refractivity contribution in [2.24, 2.45) is 5.92 Å². The van der Waals surface area contributed by atoms with Crippen molar-refractivity contribution in [3.05, 3.63) is 0 Å². The van der Waals surface area contributed by atoms with Crippen molar-refractivity contribution in [3.8, 4) is 0 Å². The highest BCUT2D eigenvalue weighted by Crippen LogP contribution is 2.24. The molecule has 15 heavy (non-hydrogen) atoms. The van der Waals surface area contributed by atoms with E-state index in [-0.39, 0.29) is 6.10 Å². The van der Waals surface area contributed by atoms with Gasteiger partial charge in [0.15, 0.2) is 6.10 Å². The van der Waals surface area contributed by atoms with Crippen LogP contribution in [-0.2, 0) is 9.53 Å². The maximum Gasteiger partial charge on any atom is 0.332 e. The Labute approximate surface area is 95.6 Å². The van der Waals surface area contributed by atoms with Crippen molar-refractivity contribution in [3.63, 3.8) is 0 Å². The lowest BCUT2D eigenvalue weighted by molar-refractivity contribution is -0.148. The number of thioether (sulfide) groups is 1. The molecule has 0 radical (unpaired) electrons. The Morgan fingerprint density at radius 2 is 2.33 bits per heavy atom. The third kappa shape index (κ3) is 4.43. The molecule has 1 saturated heterocycles. The summed E-state index contributed by atoms with van der Waals surface area (Å²) in [6.45, 7) is 4.43. The molecule has 1 aliphatic heterocycles. The molecule has 0 aromatic rings. The Bertz CT molecular complexity index is 208. The van der Waals surface area contributed by atoms with E-state index < -0.39 is 12.1 Å². The summed E-state index contributed by atoms with van der Waals surface area (Å²) in [4.78, 5) is 10.6. The minimum absolute atomic E-state index is 0.153. The van der Waals surface area contributed by atoms with Crippen molar-refractivity contribution in [1.29, 1.82) is 0 Å². The third-order valence-electron chi connectivity index (χ3n) is 2.79. The summed E-state index contributed by atoms with van der Waals surface area (Å²) < 4.78 is 5.42. The highest BCUT2D eigenvalue weighted by molar-refractivity contribution is 7.99. The molecule has 3 nitrogen and oxygen atoms in total. The van der Waals surface area contributed by atoms with Gasteiger partial charge in [-0.2, -0.15) is 11.8 Å². The average molecular weight is 232 g/mol. The summed E-state index contributed by atoms with van der Waals surface area (Å²) in [6, 6.07) is 0. The van der Waals surface area contributed by atoms with Crippen LogP contribution in [0.25, 0.3) is 0 Å². The van der Waals surface area contributed by atoms with Gasteiger partial charge in [0.1, 0.15) is 0 Å². The van der Waals surface area contributed by atoms with Gasteiger partial charge in [-0.25, -0.2) is 4.79 Å². The van der Waals surface area contributed by atoms with Gasteiger partial charge in [-0.15, -0.1) is 0 Å². The van der Waals surface area contributed by atoms with Crippen molar-refractivity contribution in [2.45, 2.75) is 45.3 Å². The van der Waals surface area contributed by atoms with E-state index in [2.05, 4.69) is 13.8 Å². The second-order valence-electron chi connectivity index (χ2n) is 4.21. The van der Waals surface area contributed by atoms with Gasteiger partial charge in [0.25, 0.3) is 0 Å². The normalized spacial score (nSPS) is 27.9. The lowest BCUT2D eigenvalue weighted by Gasteiger charge is -2.12. The lowest BCUT2D eigenvalue weighted by atomic mass is 10.2. The van der Waals surface area contributed by atoms with E-state index in [4.69, 9.17) is 9.84 Å². The molecule has 3 atom stereocenters. The summed E-state index contributed by atoms with van der Waals surface area (Å²) in [6.07, 6.45) is 2.37. The number of hydrogen-bond donors (Lipinski definition) is 1. The third-order valence-corrected chi connectivity index (χ3v) is 4.20. The SMILES string of the molecule is CCC(C)CSCC1CCC(C(=O)O)O1. The van der Waals surface area contributed by atoms with E-state index in [1.807, 2.05) is 11.8 Å². The molecule has 1 fully saturated rings. The van der Waals surface area contributed by atoms with E-state index in [0.29, 0.717) is 6.42 Å². The fourth-order valence-electron chi connectivity index (χ4n) is 1.53. The minimum Gasteiger partial charge on any atom is -0.479 e. The highest BCUT2D eigenvalue weighted by atomic mass is 32.2. The fourth-order valence-corrected chi connectivity index (χ4v) is 2.81. The Morgan fingerprint density at radius 1 is 1.60 bits per heavy atom. The first-order valence-electron chi connectivity index (χ1n) is 5.59. The first kappa shape index (κ1) is 12.8. The van der Waals surface area contributed by atoms with E-state index >= 15 is 0 Å². The summed E-state index contributed by atoms with van der Waals surface area (Å²) in [7, 11) is 0. The number of aliphatic carboxylic acids is 1. The molecule has 1 rings (SSSR count). The molecule has 1 heterocycles. The number of carboxylic acids is 1. The zero-order valence-electron chi connectivity index (χ0n) is 9.44. The zero-order chi connectivity index (χ0) is 11.3. The minimum atomic E-state index is -0.815. The Morgan fingerprint density at radius 3 is 2.87 bits per heavy atom. The van der Waals surface area contributed by atoms with Gasteiger partial charge in [0.05, 0.1) is 6.10 Å². The predicted octanol–water partition coefficient (Wildman–Crippen LogP) is 2.40. The lowest BCUT2D eigenvalue weighted by Crippen LogP contribution is -2.21. The molecule has 0 aromatic carbocycles. The van der Waals surface area contributed by atoms with Gasteiger partial charge in [0, 0.05) is 5.75 Å². The summed E-state index contributed by atoms with van der Waals surface area (Å²) >= 11 is 1.88. The molecule has 0 bridgehead atoms. The molecule has 1 N–H and O–H groups in total. The monoisotopic (exact) mass is 232 g/mol. The van der Waals surface area contributed by atoms with E-state index in [1.54, 1.807) is 0 Å². The van der Waals surface area contributed by atoms with Gasteiger partial charge in [-0.05, 0) is 24.5 Å². The first-order valence-corrected chi connectivity index (χ1v) is 6.75. The van der Waals surface area contributed by atoms with E-state index in [0.717, 1.165) is 23.8 Å². The van der Waals surface area contributed by atoms with Crippen LogP contribution in [0, 0.1) is 5.92 Å². The fraction of sp³-hybridized carbons (Fsp3) is 0.909. The van der Waals surface area contributed by atoms with E-state index in [9.17, 15) is 4.79 Å². The van der Waals surface area contributed by atoms with Crippen LogP contribution in [0.5, 0.6) is 0 Å². The van der Waals surface area contributed by atoms with Crippen LogP contribution in [0.1, 0.15) is 33.1 Å². The molecule has 0 spiro atoms. The smallest absolute Gasteiger partial charge is 0.332 e. The van der Waals surface area contributed by atoms with E-state index in [1.165, 1.54) is 6.42 Å². The van der Waals surface area contributed by atoms with Crippen molar-refractivity contribution < 1.29 is 14.6 Å². The number of rotatable bonds is 6. The molecular weight excluding hydrogens is 212 g/mol. The van der Waals surface area contributed by atoms with Crippen LogP contribution in [0.3, 0.4) is 0 Å². The van der Waals surface area contributed by atoms with Crippen molar-refractivity contribution >= 4 is 17.7 Å². The molecule has 0 saturated carbocycles. The quantitative estimate of drug-likeness (QED) is 0.764. The molecule has 0 aromatic heterocycles. The largest absolute Gasteiger partial charge is 0.479 e. The molecule has 4 heteroatoms. The maximum atomic E-state index is 10.6. The standard InChI is InChI=1S/C11H20O3S/c1-3-8(2)6-15-7-9-4-5-10(14-9)11(12)13/h8-10H,3-7H2,1-2H3,(H,12,13). The van der Waals surface area contributed by atoms with Gasteiger partial charge in [0.2, 0.25) is 0 Å². The van der Waals surface area contributed by atoms with Crippen molar-refractivity contribution in [2.75, 3.05) is 11.5 Å².